The van der Waals surface area contributed by atoms with E-state index in [4.69, 9.17) is 0 Å². The maximum absolute atomic E-state index is 11.4. The molecule has 2 aromatic carbocycles. The van der Waals surface area contributed by atoms with E-state index in [1.807, 2.05) is 12.1 Å². The first-order chi connectivity index (χ1) is 11.7. The summed E-state index contributed by atoms with van der Waals surface area (Å²) < 4.78 is 0. The van der Waals surface area contributed by atoms with Crippen LogP contribution in [-0.2, 0) is 0 Å². The highest BCUT2D eigenvalue weighted by Crippen LogP contribution is 2.63. The van der Waals surface area contributed by atoms with Crippen molar-refractivity contribution in [3.63, 3.8) is 0 Å². The Morgan fingerprint density at radius 3 is 2.62 bits per heavy atom. The molecule has 2 aliphatic carbocycles. The molecular formula is C21H21NO2. The summed E-state index contributed by atoms with van der Waals surface area (Å²) >= 11 is 0. The van der Waals surface area contributed by atoms with Crippen molar-refractivity contribution < 1.29 is 9.90 Å². The van der Waals surface area contributed by atoms with Gasteiger partial charge in [0.15, 0.2) is 0 Å². The Bertz CT molecular complexity index is 801. The zero-order valence-corrected chi connectivity index (χ0v) is 13.5. The summed E-state index contributed by atoms with van der Waals surface area (Å²) in [6, 6.07) is 16.7. The Labute approximate surface area is 141 Å². The van der Waals surface area contributed by atoms with Gasteiger partial charge in [-0.05, 0) is 72.3 Å². The second kappa shape index (κ2) is 5.10. The van der Waals surface area contributed by atoms with Crippen LogP contribution in [-0.4, -0.2) is 11.1 Å². The lowest BCUT2D eigenvalue weighted by Crippen LogP contribution is -2.35. The number of hydrogen-bond donors (Lipinski definition) is 2. The summed E-state index contributed by atoms with van der Waals surface area (Å²) in [6.45, 7) is 0. The molecule has 0 saturated heterocycles. The number of carboxylic acids is 1. The number of nitrogens with one attached hydrogen (secondary N) is 1. The fourth-order valence-corrected chi connectivity index (χ4v) is 5.61. The molecule has 3 heteroatoms. The molecule has 1 aliphatic heterocycles. The van der Waals surface area contributed by atoms with Crippen molar-refractivity contribution in [1.82, 2.24) is 0 Å². The van der Waals surface area contributed by atoms with Crippen LogP contribution in [0, 0.1) is 17.8 Å². The molecule has 5 rings (SSSR count). The second-order valence-electron chi connectivity index (χ2n) is 7.58. The molecule has 2 fully saturated rings. The number of carboxylic acid groups (broad SMARTS) is 1. The third kappa shape index (κ3) is 1.94. The highest BCUT2D eigenvalue weighted by Gasteiger charge is 2.53. The third-order valence-corrected chi connectivity index (χ3v) is 6.49. The van der Waals surface area contributed by atoms with Gasteiger partial charge in [0.2, 0.25) is 0 Å². The number of carbonyl (C=O) groups is 1. The smallest absolute Gasteiger partial charge is 0.335 e. The molecule has 1 heterocycles. The fourth-order valence-electron chi connectivity index (χ4n) is 5.61. The second-order valence-corrected chi connectivity index (χ2v) is 7.58. The van der Waals surface area contributed by atoms with Crippen LogP contribution < -0.4 is 5.32 Å². The first-order valence-electron chi connectivity index (χ1n) is 8.91. The van der Waals surface area contributed by atoms with Crippen molar-refractivity contribution in [3.05, 3.63) is 65.2 Å². The standard InChI is InChI=1S/C21H21NO2/c23-21(24)15-8-9-17-16(11-15)18-13-6-7-14(10-13)19(18)20(22-17)12-4-2-1-3-5-12/h1-5,8-9,11,13-14,18-20,22H,6-7,10H2,(H,23,24). The number of benzene rings is 2. The molecule has 122 valence electrons. The van der Waals surface area contributed by atoms with E-state index in [0.29, 0.717) is 23.4 Å². The molecule has 0 spiro atoms. The first kappa shape index (κ1) is 14.1. The van der Waals surface area contributed by atoms with E-state index in [0.717, 1.165) is 17.5 Å². The molecule has 2 N–H and O–H groups in total. The molecule has 0 radical (unpaired) electrons. The van der Waals surface area contributed by atoms with Crippen molar-refractivity contribution in [2.75, 3.05) is 5.32 Å². The van der Waals surface area contributed by atoms with Crippen LogP contribution in [0.25, 0.3) is 0 Å². The molecule has 2 bridgehead atoms. The molecule has 3 nitrogen and oxygen atoms in total. The van der Waals surface area contributed by atoms with E-state index in [2.05, 4.69) is 35.6 Å². The maximum Gasteiger partial charge on any atom is 0.335 e. The predicted octanol–water partition coefficient (Wildman–Crippen LogP) is 4.68. The first-order valence-corrected chi connectivity index (χ1v) is 8.91. The minimum Gasteiger partial charge on any atom is -0.478 e. The Morgan fingerprint density at radius 2 is 1.83 bits per heavy atom. The summed E-state index contributed by atoms with van der Waals surface area (Å²) in [6.07, 6.45) is 3.92. The van der Waals surface area contributed by atoms with Gasteiger partial charge < -0.3 is 10.4 Å². The Morgan fingerprint density at radius 1 is 1.04 bits per heavy atom. The molecule has 5 unspecified atom stereocenters. The average Bonchev–Trinajstić information content (AvgIpc) is 3.23. The van der Waals surface area contributed by atoms with Crippen molar-refractivity contribution in [2.45, 2.75) is 31.2 Å². The van der Waals surface area contributed by atoms with Crippen LogP contribution in [0.5, 0.6) is 0 Å². The van der Waals surface area contributed by atoms with Crippen molar-refractivity contribution in [3.8, 4) is 0 Å². The number of aromatic carboxylic acids is 1. The van der Waals surface area contributed by atoms with Gasteiger partial charge in [-0.2, -0.15) is 0 Å². The summed E-state index contributed by atoms with van der Waals surface area (Å²) in [7, 11) is 0. The lowest BCUT2D eigenvalue weighted by Gasteiger charge is -2.43. The van der Waals surface area contributed by atoms with Gasteiger partial charge in [0.25, 0.3) is 0 Å². The Balaban J connectivity index is 1.64. The quantitative estimate of drug-likeness (QED) is 0.845. The van der Waals surface area contributed by atoms with E-state index in [1.165, 1.54) is 30.4 Å². The molecule has 0 amide bonds. The normalized spacial score (nSPS) is 32.8. The van der Waals surface area contributed by atoms with E-state index < -0.39 is 5.97 Å². The lowest BCUT2D eigenvalue weighted by atomic mass is 9.68. The summed E-state index contributed by atoms with van der Waals surface area (Å²) in [4.78, 5) is 11.4. The van der Waals surface area contributed by atoms with Crippen LogP contribution in [0.15, 0.2) is 48.5 Å². The average molecular weight is 319 g/mol. The van der Waals surface area contributed by atoms with Crippen LogP contribution in [0.4, 0.5) is 5.69 Å². The van der Waals surface area contributed by atoms with Crippen LogP contribution in [0.1, 0.15) is 52.7 Å². The van der Waals surface area contributed by atoms with Crippen molar-refractivity contribution in [1.29, 1.82) is 0 Å². The van der Waals surface area contributed by atoms with Gasteiger partial charge in [-0.25, -0.2) is 4.79 Å². The number of rotatable bonds is 2. The van der Waals surface area contributed by atoms with E-state index in [1.54, 1.807) is 6.07 Å². The molecular weight excluding hydrogens is 298 g/mol. The van der Waals surface area contributed by atoms with Crippen LogP contribution in [0.3, 0.4) is 0 Å². The Kier molecular flexibility index (Phi) is 2.99. The highest BCUT2D eigenvalue weighted by molar-refractivity contribution is 5.88. The van der Waals surface area contributed by atoms with Gasteiger partial charge in [0, 0.05) is 5.69 Å². The van der Waals surface area contributed by atoms with Gasteiger partial charge >= 0.3 is 5.97 Å². The van der Waals surface area contributed by atoms with E-state index >= 15 is 0 Å². The molecule has 2 saturated carbocycles. The highest BCUT2D eigenvalue weighted by atomic mass is 16.4. The van der Waals surface area contributed by atoms with Gasteiger partial charge in [-0.15, -0.1) is 0 Å². The van der Waals surface area contributed by atoms with Crippen molar-refractivity contribution >= 4 is 11.7 Å². The Hall–Kier alpha value is -2.29. The van der Waals surface area contributed by atoms with E-state index in [-0.39, 0.29) is 0 Å². The summed E-state index contributed by atoms with van der Waals surface area (Å²) in [5.74, 6) is 1.74. The minimum absolute atomic E-state index is 0.342. The fraction of sp³-hybridized carbons (Fsp3) is 0.381. The van der Waals surface area contributed by atoms with E-state index in [9.17, 15) is 9.90 Å². The van der Waals surface area contributed by atoms with Gasteiger partial charge in [-0.1, -0.05) is 30.3 Å². The molecule has 3 aliphatic rings. The molecule has 2 aromatic rings. The van der Waals surface area contributed by atoms with Crippen LogP contribution in [0.2, 0.25) is 0 Å². The zero-order chi connectivity index (χ0) is 16.3. The minimum atomic E-state index is -0.831. The summed E-state index contributed by atoms with van der Waals surface area (Å²) in [5, 5.41) is 13.1. The van der Waals surface area contributed by atoms with Gasteiger partial charge in [-0.3, -0.25) is 0 Å². The molecule has 0 aromatic heterocycles. The SMILES string of the molecule is O=C(O)c1ccc2c(c1)C1C3CCC(C3)C1C(c1ccccc1)N2. The third-order valence-electron chi connectivity index (χ3n) is 6.49. The number of hydrogen-bond acceptors (Lipinski definition) is 2. The topological polar surface area (TPSA) is 49.3 Å². The number of anilines is 1. The van der Waals surface area contributed by atoms with Crippen molar-refractivity contribution in [2.24, 2.45) is 17.8 Å². The molecule has 24 heavy (non-hydrogen) atoms. The largest absolute Gasteiger partial charge is 0.478 e. The maximum atomic E-state index is 11.4. The van der Waals surface area contributed by atoms with Gasteiger partial charge in [0.1, 0.15) is 0 Å². The monoisotopic (exact) mass is 319 g/mol. The van der Waals surface area contributed by atoms with Gasteiger partial charge in [0.05, 0.1) is 11.6 Å². The summed E-state index contributed by atoms with van der Waals surface area (Å²) in [5.41, 5.74) is 4.13. The number of fused-ring (bicyclic) bond motifs is 7. The molecule has 5 atom stereocenters. The lowest BCUT2D eigenvalue weighted by molar-refractivity contribution is 0.0696. The predicted molar refractivity (Wildman–Crippen MR) is 93.3 cm³/mol. The van der Waals surface area contributed by atoms with Crippen LogP contribution >= 0.6 is 0 Å². The zero-order valence-electron chi connectivity index (χ0n) is 13.5.